The van der Waals surface area contributed by atoms with Crippen molar-refractivity contribution in [3.63, 3.8) is 0 Å². The van der Waals surface area contributed by atoms with E-state index >= 15 is 0 Å². The number of nitrogens with one attached hydrogen (secondary N) is 3. The largest absolute Gasteiger partial charge is 0.573 e. The van der Waals surface area contributed by atoms with Crippen LogP contribution in [0, 0.1) is 5.92 Å². The van der Waals surface area contributed by atoms with Crippen molar-refractivity contribution in [2.24, 2.45) is 5.92 Å². The van der Waals surface area contributed by atoms with E-state index in [4.69, 9.17) is 0 Å². The molecule has 0 spiro atoms. The lowest BCUT2D eigenvalue weighted by Gasteiger charge is -2.31. The Balaban J connectivity index is 1.58. The molecule has 0 bridgehead atoms. The number of nitrogens with zero attached hydrogens (tertiary/aromatic N) is 2. The highest BCUT2D eigenvalue weighted by Gasteiger charge is 2.36. The van der Waals surface area contributed by atoms with Crippen molar-refractivity contribution in [1.82, 2.24) is 9.97 Å². The number of halogens is 3. The molecule has 2 amide bonds. The molecule has 3 heterocycles. The molecule has 2 aliphatic rings. The molecule has 2 aromatic rings. The zero-order valence-electron chi connectivity index (χ0n) is 17.7. The second-order valence-corrected chi connectivity index (χ2v) is 8.19. The van der Waals surface area contributed by atoms with Gasteiger partial charge in [0, 0.05) is 31.3 Å². The fourth-order valence-electron chi connectivity index (χ4n) is 3.95. The monoisotopic (exact) mass is 465 g/mol. The van der Waals surface area contributed by atoms with Gasteiger partial charge in [-0.25, -0.2) is 0 Å². The van der Waals surface area contributed by atoms with Gasteiger partial charge in [-0.2, -0.15) is 4.98 Å². The molecule has 3 N–H and O–H groups in total. The first kappa shape index (κ1) is 22.6. The number of aromatic amines is 1. The second kappa shape index (κ2) is 8.75. The van der Waals surface area contributed by atoms with Gasteiger partial charge in [0.15, 0.2) is 0 Å². The zero-order valence-corrected chi connectivity index (χ0v) is 17.7. The van der Waals surface area contributed by atoms with Gasteiger partial charge in [0.2, 0.25) is 17.8 Å². The number of H-pyrrole nitrogens is 1. The maximum absolute atomic E-state index is 12.9. The third-order valence-electron chi connectivity index (χ3n) is 5.67. The first-order valence-electron chi connectivity index (χ1n) is 10.4. The summed E-state index contributed by atoms with van der Waals surface area (Å²) in [4.78, 5) is 47.0. The molecule has 9 nitrogen and oxygen atoms in total. The number of amides is 2. The molecule has 4 rings (SSSR count). The van der Waals surface area contributed by atoms with Gasteiger partial charge in [0.25, 0.3) is 5.56 Å². The van der Waals surface area contributed by atoms with Crippen molar-refractivity contribution in [2.45, 2.75) is 38.5 Å². The first-order valence-corrected chi connectivity index (χ1v) is 10.4. The topological polar surface area (TPSA) is 116 Å². The van der Waals surface area contributed by atoms with Crippen LogP contribution in [0.5, 0.6) is 5.75 Å². The zero-order chi connectivity index (χ0) is 23.8. The van der Waals surface area contributed by atoms with E-state index in [2.05, 4.69) is 32.3 Å². The van der Waals surface area contributed by atoms with Crippen LogP contribution in [0.4, 0.5) is 30.6 Å². The number of ether oxygens (including phenoxy) is 1. The highest BCUT2D eigenvalue weighted by Crippen LogP contribution is 2.32. The molecule has 0 saturated carbocycles. The van der Waals surface area contributed by atoms with E-state index < -0.39 is 35.4 Å². The molecule has 1 aromatic heterocycles. The van der Waals surface area contributed by atoms with Gasteiger partial charge in [-0.3, -0.25) is 19.4 Å². The van der Waals surface area contributed by atoms with E-state index in [9.17, 15) is 27.6 Å². The lowest BCUT2D eigenvalue weighted by molar-refractivity contribution is -0.274. The summed E-state index contributed by atoms with van der Waals surface area (Å²) in [6.45, 7) is 3.56. The maximum Gasteiger partial charge on any atom is 0.573 e. The number of piperidine rings is 1. The fourth-order valence-corrected chi connectivity index (χ4v) is 3.95. The number of anilines is 3. The van der Waals surface area contributed by atoms with Crippen LogP contribution in [-0.4, -0.2) is 41.2 Å². The molecule has 0 aliphatic carbocycles. The molecule has 33 heavy (non-hydrogen) atoms. The maximum atomic E-state index is 12.9. The van der Waals surface area contributed by atoms with Crippen LogP contribution in [0.15, 0.2) is 29.1 Å². The number of carbonyl (C=O) groups excluding carboxylic acids is 2. The summed E-state index contributed by atoms with van der Waals surface area (Å²) in [7, 11) is 0. The molecular formula is C21H22F3N5O4. The SMILES string of the molecule is CC1CCN(c2nc3c(c(=O)[nH]2)[C@H](C(=O)Nc2cccc(OC(F)(F)F)c2)CC(=O)N3)CC1. The summed E-state index contributed by atoms with van der Waals surface area (Å²) in [5.74, 6) is -1.98. The minimum absolute atomic E-state index is 0.00363. The number of carbonyl (C=O) groups is 2. The van der Waals surface area contributed by atoms with E-state index in [-0.39, 0.29) is 23.5 Å². The van der Waals surface area contributed by atoms with Crippen LogP contribution in [0.1, 0.15) is 37.7 Å². The molecule has 176 valence electrons. The standard InChI is InChI=1S/C21H22F3N5O4/c1-11-5-7-29(8-6-11)20-27-17-16(19(32)28-20)14(10-15(30)26-17)18(31)25-12-3-2-4-13(9-12)33-21(22,23)24/h2-4,9,11,14H,5-8,10H2,1H3,(H,25,31)(H2,26,27,28,30,32)/t14-/m1/s1. The second-order valence-electron chi connectivity index (χ2n) is 8.19. The Hall–Kier alpha value is -3.57. The lowest BCUT2D eigenvalue weighted by atomic mass is 9.92. The minimum atomic E-state index is -4.88. The van der Waals surface area contributed by atoms with Gasteiger partial charge in [0.05, 0.1) is 11.5 Å². The lowest BCUT2D eigenvalue weighted by Crippen LogP contribution is -2.39. The summed E-state index contributed by atoms with van der Waals surface area (Å²) in [5.41, 5.74) is -0.524. The summed E-state index contributed by atoms with van der Waals surface area (Å²) >= 11 is 0. The van der Waals surface area contributed by atoms with E-state index in [0.717, 1.165) is 25.0 Å². The third-order valence-corrected chi connectivity index (χ3v) is 5.67. The van der Waals surface area contributed by atoms with Gasteiger partial charge in [-0.1, -0.05) is 13.0 Å². The van der Waals surface area contributed by atoms with E-state index in [0.29, 0.717) is 25.0 Å². The predicted molar refractivity (Wildman–Crippen MR) is 113 cm³/mol. The van der Waals surface area contributed by atoms with Gasteiger partial charge in [-0.15, -0.1) is 13.2 Å². The average Bonchev–Trinajstić information content (AvgIpc) is 2.72. The molecule has 1 fully saturated rings. The van der Waals surface area contributed by atoms with Crippen molar-refractivity contribution in [2.75, 3.05) is 28.6 Å². The predicted octanol–water partition coefficient (Wildman–Crippen LogP) is 2.97. The Morgan fingerprint density at radius 1 is 1.24 bits per heavy atom. The molecule has 0 radical (unpaired) electrons. The number of aromatic nitrogens is 2. The van der Waals surface area contributed by atoms with Crippen molar-refractivity contribution in [3.05, 3.63) is 40.2 Å². The van der Waals surface area contributed by atoms with Crippen LogP contribution < -0.4 is 25.8 Å². The molecule has 12 heteroatoms. The normalized spacial score (nSPS) is 19.0. The van der Waals surface area contributed by atoms with E-state index in [1.807, 2.05) is 4.90 Å². The van der Waals surface area contributed by atoms with Crippen molar-refractivity contribution >= 4 is 29.3 Å². The summed E-state index contributed by atoms with van der Waals surface area (Å²) < 4.78 is 41.2. The van der Waals surface area contributed by atoms with Crippen molar-refractivity contribution < 1.29 is 27.5 Å². The first-order chi connectivity index (χ1) is 15.6. The summed E-state index contributed by atoms with van der Waals surface area (Å²) in [6, 6.07) is 4.73. The van der Waals surface area contributed by atoms with Crippen LogP contribution in [-0.2, 0) is 9.59 Å². The molecule has 1 saturated heterocycles. The average molecular weight is 465 g/mol. The number of hydrogen-bond donors (Lipinski definition) is 3. The number of hydrogen-bond acceptors (Lipinski definition) is 6. The van der Waals surface area contributed by atoms with Crippen LogP contribution >= 0.6 is 0 Å². The number of benzene rings is 1. The quantitative estimate of drug-likeness (QED) is 0.639. The Morgan fingerprint density at radius 2 is 1.97 bits per heavy atom. The molecule has 0 unspecified atom stereocenters. The smallest absolute Gasteiger partial charge is 0.406 e. The van der Waals surface area contributed by atoms with Crippen molar-refractivity contribution in [1.29, 1.82) is 0 Å². The Labute approximate surface area is 186 Å². The minimum Gasteiger partial charge on any atom is -0.406 e. The number of fused-ring (bicyclic) bond motifs is 1. The third kappa shape index (κ3) is 5.26. The highest BCUT2D eigenvalue weighted by atomic mass is 19.4. The fraction of sp³-hybridized carbons (Fsp3) is 0.429. The van der Waals surface area contributed by atoms with Crippen LogP contribution in [0.3, 0.4) is 0 Å². The van der Waals surface area contributed by atoms with Crippen molar-refractivity contribution in [3.8, 4) is 5.75 Å². The summed E-state index contributed by atoms with van der Waals surface area (Å²) in [6.07, 6.45) is -3.31. The number of alkyl halides is 3. The number of rotatable bonds is 4. The molecule has 1 aromatic carbocycles. The van der Waals surface area contributed by atoms with Crippen LogP contribution in [0.25, 0.3) is 0 Å². The molecular weight excluding hydrogens is 443 g/mol. The van der Waals surface area contributed by atoms with Crippen LogP contribution in [0.2, 0.25) is 0 Å². The Morgan fingerprint density at radius 3 is 2.67 bits per heavy atom. The van der Waals surface area contributed by atoms with Gasteiger partial charge >= 0.3 is 6.36 Å². The molecule has 1 atom stereocenters. The van der Waals surface area contributed by atoms with Gasteiger partial charge in [-0.05, 0) is 30.9 Å². The van der Waals surface area contributed by atoms with Gasteiger partial charge in [0.1, 0.15) is 11.6 Å². The van der Waals surface area contributed by atoms with Gasteiger partial charge < -0.3 is 20.3 Å². The molecule has 2 aliphatic heterocycles. The van der Waals surface area contributed by atoms with E-state index in [1.54, 1.807) is 0 Å². The Kier molecular flexibility index (Phi) is 6.00. The summed E-state index contributed by atoms with van der Waals surface area (Å²) in [5, 5.41) is 5.00. The highest BCUT2D eigenvalue weighted by molar-refractivity contribution is 6.04. The Bertz CT molecular complexity index is 1130. The van der Waals surface area contributed by atoms with E-state index in [1.165, 1.54) is 12.1 Å².